The summed E-state index contributed by atoms with van der Waals surface area (Å²) < 4.78 is 20.1. The Bertz CT molecular complexity index is 2210. The number of carbonyl (C=O) groups is 4. The number of carbonyl (C=O) groups excluding carboxylic acids is 4. The van der Waals surface area contributed by atoms with Crippen molar-refractivity contribution in [3.63, 3.8) is 0 Å². The standard InChI is InChI=1S/C47H49FN4O6/c48-34-7-1-30(2-8-34)38-12-6-33-27-36(53)9-14-39(33)44(38)31-3-10-37(11-4-31)58-26-25-50-21-19-35(20-22-50)51-23-17-29(18-24-51)32-5-13-40-41(28-32)47(57)52(46(40)56)42-15-16-43(54)49-45(42)55/h1-5,7-11,13-14,27-29,35,38,42,44,53H,6,12,15-26H2,(H,49,54,55)/t38-,42?,44+/m1/s1. The predicted octanol–water partition coefficient (Wildman–Crippen LogP) is 6.52. The van der Waals surface area contributed by atoms with Gasteiger partial charge < -0.3 is 14.7 Å². The van der Waals surface area contributed by atoms with Crippen molar-refractivity contribution in [2.45, 2.75) is 81.2 Å². The zero-order chi connectivity index (χ0) is 39.9. The Hall–Kier alpha value is -5.39. The Balaban J connectivity index is 0.744. The number of ether oxygens (including phenoxy) is 1. The highest BCUT2D eigenvalue weighted by Gasteiger charge is 2.45. The summed E-state index contributed by atoms with van der Waals surface area (Å²) in [5, 5.41) is 12.4. The minimum atomic E-state index is -0.956. The lowest BCUT2D eigenvalue weighted by Gasteiger charge is -2.42. The Morgan fingerprint density at radius 1 is 0.707 bits per heavy atom. The second-order valence-corrected chi connectivity index (χ2v) is 16.6. The van der Waals surface area contributed by atoms with Crippen LogP contribution in [0, 0.1) is 5.82 Å². The van der Waals surface area contributed by atoms with Gasteiger partial charge in [-0.15, -0.1) is 0 Å². The van der Waals surface area contributed by atoms with E-state index in [4.69, 9.17) is 4.74 Å². The van der Waals surface area contributed by atoms with E-state index >= 15 is 0 Å². The number of phenolic OH excluding ortho intramolecular Hbond substituents is 1. The lowest BCUT2D eigenvalue weighted by Crippen LogP contribution is -2.54. The van der Waals surface area contributed by atoms with Gasteiger partial charge in [-0.1, -0.05) is 36.4 Å². The van der Waals surface area contributed by atoms with Gasteiger partial charge in [0, 0.05) is 24.9 Å². The highest BCUT2D eigenvalue weighted by atomic mass is 19.1. The zero-order valence-electron chi connectivity index (χ0n) is 32.6. The normalized spacial score (nSPS) is 23.5. The minimum Gasteiger partial charge on any atom is -0.508 e. The van der Waals surface area contributed by atoms with Gasteiger partial charge in [0.25, 0.3) is 11.8 Å². The largest absolute Gasteiger partial charge is 0.508 e. The molecule has 0 bridgehead atoms. The van der Waals surface area contributed by atoms with Crippen LogP contribution in [0.4, 0.5) is 4.39 Å². The summed E-state index contributed by atoms with van der Waals surface area (Å²) in [4.78, 5) is 56.7. The third-order valence-corrected chi connectivity index (χ3v) is 13.3. The molecule has 11 heteroatoms. The van der Waals surface area contributed by atoms with Crippen molar-refractivity contribution in [1.82, 2.24) is 20.0 Å². The third kappa shape index (κ3) is 7.53. The molecule has 3 atom stereocenters. The van der Waals surface area contributed by atoms with Gasteiger partial charge >= 0.3 is 0 Å². The molecule has 4 aromatic carbocycles. The molecule has 4 amide bonds. The molecule has 0 spiro atoms. The first kappa shape index (κ1) is 38.1. The van der Waals surface area contributed by atoms with Gasteiger partial charge in [-0.3, -0.25) is 34.3 Å². The van der Waals surface area contributed by atoms with Crippen LogP contribution in [0.5, 0.6) is 11.5 Å². The molecule has 3 saturated heterocycles. The minimum absolute atomic E-state index is 0.0903. The molecular weight excluding hydrogens is 736 g/mol. The molecule has 10 nitrogen and oxygen atoms in total. The van der Waals surface area contributed by atoms with Crippen LogP contribution in [0.15, 0.2) is 84.9 Å². The summed E-state index contributed by atoms with van der Waals surface area (Å²) in [6, 6.07) is 26.1. The Kier molecular flexibility index (Phi) is 10.6. The SMILES string of the molecule is O=C1CCC(N2C(=O)c3ccc(C4CCN(C5CCN(CCOc6ccc([C@@H]7c8ccc(O)cc8CC[C@@H]7c7ccc(F)cc7)cc6)CC5)CC4)cc3C2=O)C(=O)N1. The highest BCUT2D eigenvalue weighted by Crippen LogP contribution is 2.47. The Morgan fingerprint density at radius 2 is 1.41 bits per heavy atom. The lowest BCUT2D eigenvalue weighted by molar-refractivity contribution is -0.136. The van der Waals surface area contributed by atoms with E-state index in [-0.39, 0.29) is 42.2 Å². The van der Waals surface area contributed by atoms with Crippen molar-refractivity contribution < 1.29 is 33.4 Å². The van der Waals surface area contributed by atoms with Gasteiger partial charge in [0.2, 0.25) is 11.8 Å². The van der Waals surface area contributed by atoms with Crippen molar-refractivity contribution >= 4 is 23.6 Å². The van der Waals surface area contributed by atoms with Gasteiger partial charge in [0.15, 0.2) is 0 Å². The number of halogens is 1. The summed E-state index contributed by atoms with van der Waals surface area (Å²) in [5.74, 6) is -0.422. The molecule has 58 heavy (non-hydrogen) atoms. The summed E-state index contributed by atoms with van der Waals surface area (Å²) in [5.41, 5.74) is 6.40. The molecule has 2 N–H and O–H groups in total. The van der Waals surface area contributed by atoms with E-state index in [0.717, 1.165) is 98.6 Å². The third-order valence-electron chi connectivity index (χ3n) is 13.3. The summed E-state index contributed by atoms with van der Waals surface area (Å²) in [6.07, 6.45) is 6.22. The maximum atomic E-state index is 13.8. The van der Waals surface area contributed by atoms with Crippen molar-refractivity contribution in [2.24, 2.45) is 0 Å². The number of aromatic hydroxyl groups is 1. The fourth-order valence-corrected chi connectivity index (χ4v) is 10.2. The molecule has 3 fully saturated rings. The van der Waals surface area contributed by atoms with E-state index in [1.165, 1.54) is 11.1 Å². The molecule has 4 aromatic rings. The number of rotatable bonds is 9. The summed E-state index contributed by atoms with van der Waals surface area (Å²) in [6.45, 7) is 5.50. The molecular formula is C47H49FN4O6. The molecule has 300 valence electrons. The van der Waals surface area contributed by atoms with Crippen LogP contribution in [-0.2, 0) is 16.0 Å². The molecule has 4 aliphatic heterocycles. The number of amides is 4. The summed E-state index contributed by atoms with van der Waals surface area (Å²) in [7, 11) is 0. The average Bonchev–Trinajstić information content (AvgIpc) is 3.49. The summed E-state index contributed by atoms with van der Waals surface area (Å²) >= 11 is 0. The van der Waals surface area contributed by atoms with E-state index in [0.29, 0.717) is 29.7 Å². The van der Waals surface area contributed by atoms with Gasteiger partial charge in [-0.25, -0.2) is 4.39 Å². The fourth-order valence-electron chi connectivity index (χ4n) is 10.2. The number of imide groups is 2. The number of nitrogens with one attached hydrogen (secondary N) is 1. The average molecular weight is 785 g/mol. The van der Waals surface area contributed by atoms with E-state index in [2.05, 4.69) is 39.4 Å². The molecule has 1 unspecified atom stereocenters. The molecule has 4 heterocycles. The molecule has 5 aliphatic rings. The number of fused-ring (bicyclic) bond motifs is 2. The van der Waals surface area contributed by atoms with Crippen molar-refractivity contribution in [1.29, 1.82) is 0 Å². The lowest BCUT2D eigenvalue weighted by atomic mass is 9.69. The number of piperidine rings is 3. The maximum Gasteiger partial charge on any atom is 0.262 e. The van der Waals surface area contributed by atoms with Gasteiger partial charge in [0.1, 0.15) is 30.0 Å². The van der Waals surface area contributed by atoms with Gasteiger partial charge in [-0.2, -0.15) is 0 Å². The second-order valence-electron chi connectivity index (χ2n) is 16.6. The van der Waals surface area contributed by atoms with Crippen molar-refractivity contribution in [2.75, 3.05) is 39.3 Å². The molecule has 9 rings (SSSR count). The van der Waals surface area contributed by atoms with Crippen molar-refractivity contribution in [3.8, 4) is 11.5 Å². The van der Waals surface area contributed by atoms with Crippen LogP contribution >= 0.6 is 0 Å². The van der Waals surface area contributed by atoms with E-state index in [9.17, 15) is 28.7 Å². The second kappa shape index (κ2) is 16.1. The number of phenols is 1. The number of benzene rings is 4. The van der Waals surface area contributed by atoms with Gasteiger partial charge in [0.05, 0.1) is 11.1 Å². The van der Waals surface area contributed by atoms with Crippen LogP contribution in [-0.4, -0.2) is 94.8 Å². The van der Waals surface area contributed by atoms with Crippen LogP contribution in [0.25, 0.3) is 0 Å². The molecule has 0 saturated carbocycles. The number of hydrogen-bond donors (Lipinski definition) is 2. The quantitative estimate of drug-likeness (QED) is 0.185. The number of aryl methyl sites for hydroxylation is 1. The van der Waals surface area contributed by atoms with E-state index < -0.39 is 23.8 Å². The first-order chi connectivity index (χ1) is 28.2. The van der Waals surface area contributed by atoms with E-state index in [1.807, 2.05) is 36.4 Å². The zero-order valence-corrected chi connectivity index (χ0v) is 32.6. The van der Waals surface area contributed by atoms with Crippen molar-refractivity contribution in [3.05, 3.63) is 130 Å². The Morgan fingerprint density at radius 3 is 2.16 bits per heavy atom. The first-order valence-electron chi connectivity index (χ1n) is 20.8. The topological polar surface area (TPSA) is 119 Å². The maximum absolute atomic E-state index is 13.8. The van der Waals surface area contributed by atoms with Crippen LogP contribution in [0.2, 0.25) is 0 Å². The van der Waals surface area contributed by atoms with Crippen LogP contribution in [0.3, 0.4) is 0 Å². The molecule has 0 aromatic heterocycles. The molecule has 1 aliphatic carbocycles. The van der Waals surface area contributed by atoms with E-state index in [1.54, 1.807) is 24.3 Å². The predicted molar refractivity (Wildman–Crippen MR) is 215 cm³/mol. The fraction of sp³-hybridized carbons (Fsp3) is 0.404. The Labute approximate surface area is 338 Å². The smallest absolute Gasteiger partial charge is 0.262 e. The first-order valence-corrected chi connectivity index (χ1v) is 20.8. The highest BCUT2D eigenvalue weighted by molar-refractivity contribution is 6.23. The molecule has 0 radical (unpaired) electrons. The number of nitrogens with zero attached hydrogens (tertiary/aromatic N) is 3. The number of hydrogen-bond acceptors (Lipinski definition) is 8. The van der Waals surface area contributed by atoms with Crippen LogP contribution in [0.1, 0.15) is 111 Å². The van der Waals surface area contributed by atoms with Gasteiger partial charge in [-0.05, 0) is 159 Å². The van der Waals surface area contributed by atoms with Crippen LogP contribution < -0.4 is 10.1 Å². The number of likely N-dealkylation sites (tertiary alicyclic amines) is 2. The monoisotopic (exact) mass is 784 g/mol.